The average Bonchev–Trinajstić information content (AvgIpc) is 3.10. The lowest BCUT2D eigenvalue weighted by molar-refractivity contribution is -0.126. The summed E-state index contributed by atoms with van der Waals surface area (Å²) in [5, 5.41) is 3.55. The van der Waals surface area contributed by atoms with E-state index in [-0.39, 0.29) is 24.4 Å². The molecule has 26 heavy (non-hydrogen) atoms. The molecule has 0 radical (unpaired) electrons. The molecule has 1 aliphatic heterocycles. The summed E-state index contributed by atoms with van der Waals surface area (Å²) in [5.41, 5.74) is 7.17. The lowest BCUT2D eigenvalue weighted by atomic mass is 10.2. The smallest absolute Gasteiger partial charge is 0.253 e. The zero-order chi connectivity index (χ0) is 17.6. The van der Waals surface area contributed by atoms with Crippen LogP contribution in [0.5, 0.6) is 5.75 Å². The maximum absolute atomic E-state index is 12.4. The van der Waals surface area contributed by atoms with Crippen molar-refractivity contribution in [2.75, 3.05) is 11.9 Å². The van der Waals surface area contributed by atoms with E-state index in [4.69, 9.17) is 26.8 Å². The van der Waals surface area contributed by atoms with E-state index in [0.29, 0.717) is 36.0 Å². The van der Waals surface area contributed by atoms with Crippen LogP contribution in [0.3, 0.4) is 0 Å². The number of carbonyl (C=O) groups excluding carboxylic acids is 1. The monoisotopic (exact) mass is 396 g/mol. The molecule has 0 saturated carbocycles. The number of ether oxygens (including phenoxy) is 2. The first-order valence-electron chi connectivity index (χ1n) is 8.28. The van der Waals surface area contributed by atoms with Gasteiger partial charge in [0.2, 0.25) is 0 Å². The number of hydrogen-bond donors (Lipinski definition) is 2. The molecule has 0 aromatic heterocycles. The fourth-order valence-corrected chi connectivity index (χ4v) is 2.98. The molecule has 3 rings (SSSR count). The number of rotatable bonds is 6. The zero-order valence-corrected chi connectivity index (χ0v) is 15.8. The van der Waals surface area contributed by atoms with E-state index >= 15 is 0 Å². The van der Waals surface area contributed by atoms with Gasteiger partial charge in [0.1, 0.15) is 18.5 Å². The van der Waals surface area contributed by atoms with Gasteiger partial charge in [-0.05, 0) is 42.7 Å². The van der Waals surface area contributed by atoms with Gasteiger partial charge in [-0.1, -0.05) is 35.9 Å². The summed E-state index contributed by atoms with van der Waals surface area (Å²) in [6.07, 6.45) is 0.986. The van der Waals surface area contributed by atoms with Gasteiger partial charge < -0.3 is 20.5 Å². The van der Waals surface area contributed by atoms with Crippen LogP contribution in [0.4, 0.5) is 5.69 Å². The molecule has 0 aliphatic carbocycles. The number of amides is 1. The number of nitrogens with one attached hydrogen (secondary N) is 1. The second kappa shape index (κ2) is 9.78. The van der Waals surface area contributed by atoms with Crippen LogP contribution in [0.1, 0.15) is 18.4 Å². The van der Waals surface area contributed by atoms with Crippen LogP contribution in [0.25, 0.3) is 0 Å². The minimum Gasteiger partial charge on any atom is -0.487 e. The molecule has 2 aromatic carbocycles. The highest BCUT2D eigenvalue weighted by molar-refractivity contribution is 6.30. The fraction of sp³-hybridized carbons (Fsp3) is 0.316. The van der Waals surface area contributed by atoms with Gasteiger partial charge in [-0.3, -0.25) is 4.79 Å². The van der Waals surface area contributed by atoms with Crippen LogP contribution >= 0.6 is 24.0 Å². The Morgan fingerprint density at radius 2 is 2.04 bits per heavy atom. The highest BCUT2D eigenvalue weighted by Gasteiger charge is 2.30. The van der Waals surface area contributed by atoms with Gasteiger partial charge in [0, 0.05) is 11.6 Å². The van der Waals surface area contributed by atoms with Gasteiger partial charge in [0.05, 0.1) is 11.8 Å². The number of para-hydroxylation sites is 2. The summed E-state index contributed by atoms with van der Waals surface area (Å²) in [4.78, 5) is 12.4. The molecule has 2 aromatic rings. The first kappa shape index (κ1) is 20.5. The summed E-state index contributed by atoms with van der Waals surface area (Å²) < 4.78 is 11.5. The minimum absolute atomic E-state index is 0. The highest BCUT2D eigenvalue weighted by atomic mass is 35.5. The molecule has 5 nitrogen and oxygen atoms in total. The topological polar surface area (TPSA) is 73.6 Å². The van der Waals surface area contributed by atoms with Crippen LogP contribution < -0.4 is 15.8 Å². The van der Waals surface area contributed by atoms with Crippen molar-refractivity contribution in [1.29, 1.82) is 0 Å². The molecular formula is C19H22Cl2N2O3. The second-order valence-corrected chi connectivity index (χ2v) is 6.40. The zero-order valence-electron chi connectivity index (χ0n) is 14.2. The summed E-state index contributed by atoms with van der Waals surface area (Å²) in [6, 6.07) is 14.8. The Bertz CT molecular complexity index is 742. The van der Waals surface area contributed by atoms with Gasteiger partial charge >= 0.3 is 0 Å². The van der Waals surface area contributed by atoms with Crippen molar-refractivity contribution in [2.24, 2.45) is 5.73 Å². The highest BCUT2D eigenvalue weighted by Crippen LogP contribution is 2.27. The quantitative estimate of drug-likeness (QED) is 0.778. The summed E-state index contributed by atoms with van der Waals surface area (Å²) in [6.45, 7) is 0.797. The number of nitrogens with two attached hydrogens (primary N) is 1. The molecule has 0 unspecified atom stereocenters. The average molecular weight is 397 g/mol. The molecule has 0 spiro atoms. The van der Waals surface area contributed by atoms with Gasteiger partial charge in [0.25, 0.3) is 5.91 Å². The Hall–Kier alpha value is -1.79. The number of benzene rings is 2. The van der Waals surface area contributed by atoms with Gasteiger partial charge in [0.15, 0.2) is 0 Å². The van der Waals surface area contributed by atoms with Crippen molar-refractivity contribution in [2.45, 2.75) is 31.7 Å². The van der Waals surface area contributed by atoms with Crippen molar-refractivity contribution < 1.29 is 14.3 Å². The van der Waals surface area contributed by atoms with Crippen LogP contribution in [0.2, 0.25) is 5.02 Å². The maximum Gasteiger partial charge on any atom is 0.253 e. The van der Waals surface area contributed by atoms with E-state index in [0.717, 1.165) is 12.0 Å². The van der Waals surface area contributed by atoms with Crippen LogP contribution in [0.15, 0.2) is 48.5 Å². The number of hydrogen-bond acceptors (Lipinski definition) is 4. The normalized spacial score (nSPS) is 18.8. The fourth-order valence-electron chi connectivity index (χ4n) is 2.77. The van der Waals surface area contributed by atoms with Gasteiger partial charge in [-0.2, -0.15) is 0 Å². The third kappa shape index (κ3) is 5.35. The molecule has 0 bridgehead atoms. The number of halogens is 2. The number of carbonyl (C=O) groups is 1. The van der Waals surface area contributed by atoms with Crippen LogP contribution in [-0.2, 0) is 16.1 Å². The molecule has 1 saturated heterocycles. The van der Waals surface area contributed by atoms with E-state index in [1.54, 1.807) is 6.07 Å². The molecule has 140 valence electrons. The molecule has 1 fully saturated rings. The van der Waals surface area contributed by atoms with Gasteiger partial charge in [-0.15, -0.1) is 12.4 Å². The lowest BCUT2D eigenvalue weighted by Gasteiger charge is -2.15. The van der Waals surface area contributed by atoms with E-state index in [2.05, 4.69) is 5.32 Å². The Labute approximate surface area is 164 Å². The summed E-state index contributed by atoms with van der Waals surface area (Å²) in [7, 11) is 0. The van der Waals surface area contributed by atoms with Crippen LogP contribution in [-0.4, -0.2) is 24.7 Å². The predicted octanol–water partition coefficient (Wildman–Crippen LogP) is 3.79. The Morgan fingerprint density at radius 1 is 1.23 bits per heavy atom. The largest absolute Gasteiger partial charge is 0.487 e. The van der Waals surface area contributed by atoms with Crippen molar-refractivity contribution in [3.63, 3.8) is 0 Å². The third-order valence-electron chi connectivity index (χ3n) is 4.09. The second-order valence-electron chi connectivity index (χ2n) is 5.96. The Balaban J connectivity index is 0.00000243. The maximum atomic E-state index is 12.4. The van der Waals surface area contributed by atoms with E-state index in [1.807, 2.05) is 42.5 Å². The predicted molar refractivity (Wildman–Crippen MR) is 105 cm³/mol. The van der Waals surface area contributed by atoms with Crippen molar-refractivity contribution >= 4 is 35.6 Å². The Morgan fingerprint density at radius 3 is 2.77 bits per heavy atom. The summed E-state index contributed by atoms with van der Waals surface area (Å²) in [5.74, 6) is 0.430. The molecule has 1 heterocycles. The van der Waals surface area contributed by atoms with Crippen molar-refractivity contribution in [1.82, 2.24) is 0 Å². The minimum atomic E-state index is -0.463. The third-order valence-corrected chi connectivity index (χ3v) is 4.33. The lowest BCUT2D eigenvalue weighted by Crippen LogP contribution is -2.29. The molecule has 7 heteroatoms. The summed E-state index contributed by atoms with van der Waals surface area (Å²) >= 11 is 5.99. The van der Waals surface area contributed by atoms with Gasteiger partial charge in [-0.25, -0.2) is 0 Å². The molecule has 3 N–H and O–H groups in total. The first-order chi connectivity index (χ1) is 12.2. The molecule has 1 aliphatic rings. The molecule has 1 amide bonds. The molecular weight excluding hydrogens is 375 g/mol. The SMILES string of the molecule is Cl.NC[C@H]1CC[C@@H](C(=O)Nc2ccccc2OCc2cccc(Cl)c2)O1. The Kier molecular flexibility index (Phi) is 7.72. The van der Waals surface area contributed by atoms with E-state index in [9.17, 15) is 4.79 Å². The molecule has 2 atom stereocenters. The number of anilines is 1. The van der Waals surface area contributed by atoms with Crippen LogP contribution in [0, 0.1) is 0 Å². The van der Waals surface area contributed by atoms with E-state index in [1.165, 1.54) is 0 Å². The van der Waals surface area contributed by atoms with E-state index < -0.39 is 6.10 Å². The van der Waals surface area contributed by atoms with Crippen molar-refractivity contribution in [3.05, 3.63) is 59.1 Å². The standard InChI is InChI=1S/C19H21ClN2O3.ClH/c20-14-5-3-4-13(10-14)12-24-17-7-2-1-6-16(17)22-19(23)18-9-8-15(11-21)25-18;/h1-7,10,15,18H,8-9,11-12,21H2,(H,22,23);1H/t15-,18+;/m1./s1. The van der Waals surface area contributed by atoms with Crippen molar-refractivity contribution in [3.8, 4) is 5.75 Å². The first-order valence-corrected chi connectivity index (χ1v) is 8.66.